The molecule has 3 aliphatic rings. The number of aryl methyl sites for hydroxylation is 1. The predicted molar refractivity (Wildman–Crippen MR) is 210 cm³/mol. The van der Waals surface area contributed by atoms with Crippen LogP contribution in [0.1, 0.15) is 85.9 Å². The van der Waals surface area contributed by atoms with E-state index >= 15 is 0 Å². The number of carbonyl (C=O) groups excluding carboxylic acids is 3. The predicted octanol–water partition coefficient (Wildman–Crippen LogP) is 5.26. The van der Waals surface area contributed by atoms with E-state index < -0.39 is 40.8 Å². The molecule has 2 saturated heterocycles. The van der Waals surface area contributed by atoms with Crippen LogP contribution in [0.15, 0.2) is 30.6 Å². The number of ether oxygens (including phenoxy) is 2. The first-order chi connectivity index (χ1) is 26.9. The molecule has 310 valence electrons. The number of pyridine rings is 1. The maximum Gasteiger partial charge on any atom is 0.416 e. The Labute approximate surface area is 335 Å². The van der Waals surface area contributed by atoms with Gasteiger partial charge in [-0.2, -0.15) is 13.2 Å². The van der Waals surface area contributed by atoms with Crippen LogP contribution in [0.4, 0.5) is 29.6 Å². The minimum atomic E-state index is -4.65. The van der Waals surface area contributed by atoms with E-state index in [2.05, 4.69) is 38.0 Å². The molecule has 5 heterocycles. The van der Waals surface area contributed by atoms with Gasteiger partial charge in [0, 0.05) is 49.8 Å². The quantitative estimate of drug-likeness (QED) is 0.144. The summed E-state index contributed by atoms with van der Waals surface area (Å²) in [6.07, 6.45) is -1.17. The summed E-state index contributed by atoms with van der Waals surface area (Å²) < 4.78 is 56.7. The molecule has 2 aromatic heterocycles. The second kappa shape index (κ2) is 17.2. The van der Waals surface area contributed by atoms with Crippen molar-refractivity contribution in [1.82, 2.24) is 35.3 Å². The van der Waals surface area contributed by atoms with Gasteiger partial charge < -0.3 is 30.0 Å². The second-order valence-corrected chi connectivity index (χ2v) is 17.4. The first-order valence-corrected chi connectivity index (χ1v) is 20.4. The third-order valence-corrected chi connectivity index (χ3v) is 11.2. The van der Waals surface area contributed by atoms with Crippen molar-refractivity contribution in [2.45, 2.75) is 90.2 Å². The van der Waals surface area contributed by atoms with Gasteiger partial charge in [0.15, 0.2) is 0 Å². The molecule has 0 spiro atoms. The third kappa shape index (κ3) is 10.4. The van der Waals surface area contributed by atoms with Crippen molar-refractivity contribution in [1.29, 1.82) is 0 Å². The molecule has 0 saturated carbocycles. The summed E-state index contributed by atoms with van der Waals surface area (Å²) in [5.74, 6) is 1.77. The summed E-state index contributed by atoms with van der Waals surface area (Å²) in [4.78, 5) is 47.0. The molecule has 0 aliphatic carbocycles. The Bertz CT molecular complexity index is 1950. The number of carbonyl (C=O) groups is 3. The fraction of sp³-hybridized carbons (Fsp3) is 0.590. The van der Waals surface area contributed by atoms with E-state index in [1.807, 2.05) is 17.7 Å². The number of fused-ring (bicyclic) bond motifs is 1. The van der Waals surface area contributed by atoms with Crippen LogP contribution in [0.25, 0.3) is 0 Å². The van der Waals surface area contributed by atoms with Crippen LogP contribution < -0.4 is 20.9 Å². The van der Waals surface area contributed by atoms with Crippen LogP contribution in [0.2, 0.25) is 0 Å². The molecule has 3 aromatic rings. The Kier molecular flexibility index (Phi) is 12.7. The number of nitrogens with one attached hydrogen (secondary N) is 3. The molecule has 1 unspecified atom stereocenters. The van der Waals surface area contributed by atoms with Gasteiger partial charge in [-0.25, -0.2) is 9.78 Å². The lowest BCUT2D eigenvalue weighted by Crippen LogP contribution is -2.49. The van der Waals surface area contributed by atoms with Gasteiger partial charge in [0.05, 0.1) is 31.2 Å². The minimum Gasteiger partial charge on any atom is -0.444 e. The fourth-order valence-electron chi connectivity index (χ4n) is 7.37. The van der Waals surface area contributed by atoms with E-state index in [0.717, 1.165) is 37.3 Å². The van der Waals surface area contributed by atoms with E-state index in [9.17, 15) is 27.6 Å². The summed E-state index contributed by atoms with van der Waals surface area (Å²) in [5, 5.41) is 16.9. The fourth-order valence-corrected chi connectivity index (χ4v) is 8.01. The number of hydrogen-bond donors (Lipinski definition) is 3. The van der Waals surface area contributed by atoms with E-state index in [0.29, 0.717) is 55.8 Å². The molecule has 2 atom stereocenters. The van der Waals surface area contributed by atoms with Crippen LogP contribution in [0, 0.1) is 5.92 Å². The molecule has 0 radical (unpaired) electrons. The maximum absolute atomic E-state index is 14.6. The van der Waals surface area contributed by atoms with Gasteiger partial charge in [-0.1, -0.05) is 6.92 Å². The zero-order valence-electron chi connectivity index (χ0n) is 33.3. The minimum absolute atomic E-state index is 0.0430. The molecule has 1 aromatic carbocycles. The number of thioether (sulfide) groups is 1. The standard InChI is InChI=1S/C39H52F3N9O5S/c1-24-8-7-10-50(17-24)18-26-12-28-29(30(13-26)39(40,41)42)19-51(35(28)53)32-15-27(38(20-55-21-38)16-33-48-45-22-49(33)6)14-31(47-32)43-9-11-57-23-44-34(52)25(2)46-36(54)56-37(3,4)5/h12-15,22,24-25H,7-11,16-21,23H2,1-6H3,(H,43,47)(H,44,52)(H,46,54)/t24-,25?/m0/s1. The number of anilines is 2. The zero-order chi connectivity index (χ0) is 41.1. The van der Waals surface area contributed by atoms with Crippen molar-refractivity contribution in [3.8, 4) is 0 Å². The van der Waals surface area contributed by atoms with Crippen molar-refractivity contribution < 1.29 is 37.0 Å². The lowest BCUT2D eigenvalue weighted by molar-refractivity contribution is -0.138. The topological polar surface area (TPSA) is 156 Å². The second-order valence-electron chi connectivity index (χ2n) is 16.3. The molecule has 2 fully saturated rings. The Balaban J connectivity index is 1.19. The summed E-state index contributed by atoms with van der Waals surface area (Å²) in [6.45, 7) is 11.7. The molecule has 3 aliphatic heterocycles. The Morgan fingerprint density at radius 2 is 1.93 bits per heavy atom. The van der Waals surface area contributed by atoms with Gasteiger partial charge in [-0.15, -0.1) is 22.0 Å². The largest absolute Gasteiger partial charge is 0.444 e. The molecular formula is C39H52F3N9O5S. The van der Waals surface area contributed by atoms with Crippen LogP contribution in [-0.4, -0.2) is 98.7 Å². The van der Waals surface area contributed by atoms with Gasteiger partial charge >= 0.3 is 12.3 Å². The highest BCUT2D eigenvalue weighted by Crippen LogP contribution is 2.42. The molecule has 3 amide bonds. The zero-order valence-corrected chi connectivity index (χ0v) is 34.1. The first kappa shape index (κ1) is 42.2. The third-order valence-electron chi connectivity index (χ3n) is 10.3. The molecule has 57 heavy (non-hydrogen) atoms. The van der Waals surface area contributed by atoms with Gasteiger partial charge in [0.2, 0.25) is 5.91 Å². The van der Waals surface area contributed by atoms with E-state index in [1.165, 1.54) is 22.7 Å². The van der Waals surface area contributed by atoms with E-state index in [1.54, 1.807) is 46.2 Å². The first-order valence-electron chi connectivity index (χ1n) is 19.2. The summed E-state index contributed by atoms with van der Waals surface area (Å²) in [5.41, 5.74) is -0.774. The van der Waals surface area contributed by atoms with E-state index in [-0.39, 0.29) is 35.3 Å². The molecule has 3 N–H and O–H groups in total. The summed E-state index contributed by atoms with van der Waals surface area (Å²) >= 11 is 1.44. The number of likely N-dealkylation sites (tertiary alicyclic amines) is 1. The monoisotopic (exact) mass is 815 g/mol. The molecule has 14 nitrogen and oxygen atoms in total. The number of halogens is 3. The van der Waals surface area contributed by atoms with Crippen molar-refractivity contribution >= 4 is 41.3 Å². The van der Waals surface area contributed by atoms with Gasteiger partial charge in [0.25, 0.3) is 5.91 Å². The number of alkyl carbamates (subject to hydrolysis) is 1. The SMILES string of the molecule is CC(NC(=O)OC(C)(C)C)C(=O)NCSCCNc1cc(C2(Cc3nncn3C)COC2)cc(N2Cc3c(cc(CN4CCC[C@H](C)C4)cc3C(F)(F)F)C2=O)n1. The van der Waals surface area contributed by atoms with Crippen LogP contribution in [0.3, 0.4) is 0 Å². The van der Waals surface area contributed by atoms with Gasteiger partial charge in [-0.3, -0.25) is 19.4 Å². The van der Waals surface area contributed by atoms with Crippen molar-refractivity contribution in [2.75, 3.05) is 54.7 Å². The van der Waals surface area contributed by atoms with Gasteiger partial charge in [-0.05, 0) is 94.0 Å². The highest BCUT2D eigenvalue weighted by molar-refractivity contribution is 7.99. The smallest absolute Gasteiger partial charge is 0.416 e. The molecule has 18 heteroatoms. The van der Waals surface area contributed by atoms with Crippen LogP contribution in [0.5, 0.6) is 0 Å². The average Bonchev–Trinajstić information content (AvgIpc) is 3.67. The van der Waals surface area contributed by atoms with Gasteiger partial charge in [0.1, 0.15) is 35.4 Å². The number of hydrogen-bond acceptors (Lipinski definition) is 11. The number of alkyl halides is 3. The summed E-state index contributed by atoms with van der Waals surface area (Å²) in [6, 6.07) is 5.67. The number of rotatable bonds is 14. The lowest BCUT2D eigenvalue weighted by atomic mass is 9.75. The lowest BCUT2D eigenvalue weighted by Gasteiger charge is -2.42. The highest BCUT2D eigenvalue weighted by Gasteiger charge is 2.44. The highest BCUT2D eigenvalue weighted by atomic mass is 32.2. The van der Waals surface area contributed by atoms with E-state index in [4.69, 9.17) is 14.5 Å². The Morgan fingerprint density at radius 1 is 1.16 bits per heavy atom. The number of nitrogens with zero attached hydrogens (tertiary/aromatic N) is 6. The number of benzene rings is 1. The van der Waals surface area contributed by atoms with Crippen LogP contribution in [-0.2, 0) is 52.4 Å². The average molecular weight is 816 g/mol. The van der Waals surface area contributed by atoms with Crippen molar-refractivity contribution in [3.63, 3.8) is 0 Å². The van der Waals surface area contributed by atoms with Crippen molar-refractivity contribution in [3.05, 3.63) is 64.2 Å². The van der Waals surface area contributed by atoms with Crippen molar-refractivity contribution in [2.24, 2.45) is 13.0 Å². The molecular weight excluding hydrogens is 764 g/mol. The molecule has 0 bridgehead atoms. The number of aromatic nitrogens is 4. The molecule has 6 rings (SSSR count). The Morgan fingerprint density at radius 3 is 2.58 bits per heavy atom. The Hall–Kier alpha value is -4.42. The number of piperidine rings is 1. The normalized spacial score (nSPS) is 18.8. The van der Waals surface area contributed by atoms with Crippen LogP contribution >= 0.6 is 11.8 Å². The summed E-state index contributed by atoms with van der Waals surface area (Å²) in [7, 11) is 1.85. The maximum atomic E-state index is 14.6. The number of amides is 3.